The first kappa shape index (κ1) is 20.0. The highest BCUT2D eigenvalue weighted by Crippen LogP contribution is 2.43. The Bertz CT molecular complexity index is 916. The van der Waals surface area contributed by atoms with E-state index in [0.717, 1.165) is 33.6 Å². The lowest BCUT2D eigenvalue weighted by Crippen LogP contribution is -2.42. The third-order valence-corrected chi connectivity index (χ3v) is 7.48. The minimum atomic E-state index is -1.78. The van der Waals surface area contributed by atoms with Crippen molar-refractivity contribution in [2.75, 3.05) is 7.11 Å². The minimum absolute atomic E-state index is 0.302. The first-order chi connectivity index (χ1) is 12.3. The van der Waals surface area contributed by atoms with Gasteiger partial charge in [0, 0.05) is 16.3 Å². The van der Waals surface area contributed by atoms with Crippen molar-refractivity contribution in [3.63, 3.8) is 0 Å². The molecule has 1 aliphatic rings. The average molecular weight is 401 g/mol. The van der Waals surface area contributed by atoms with Crippen LogP contribution in [0.5, 0.6) is 17.2 Å². The summed E-state index contributed by atoms with van der Waals surface area (Å²) >= 11 is 0. The maximum absolute atomic E-state index is 6.66. The molecule has 0 aromatic heterocycles. The van der Waals surface area contributed by atoms with Crippen molar-refractivity contribution < 1.29 is 13.9 Å². The van der Waals surface area contributed by atoms with Crippen molar-refractivity contribution in [3.05, 3.63) is 29.8 Å². The van der Waals surface area contributed by atoms with Crippen LogP contribution in [-0.2, 0) is 0 Å². The molecule has 2 aromatic carbocycles. The van der Waals surface area contributed by atoms with E-state index in [4.69, 9.17) is 13.9 Å². The SMILES string of the molecule is COc1cc([Si](C)(C)C)c(O[Si](C)(C)C)c2ccc3c(c12)C=CC(C)(C)O3. The third kappa shape index (κ3) is 3.94. The van der Waals surface area contributed by atoms with Crippen LogP contribution in [-0.4, -0.2) is 29.1 Å². The maximum Gasteiger partial charge on any atom is 0.242 e. The van der Waals surface area contributed by atoms with Gasteiger partial charge in [-0.05, 0) is 63.0 Å². The van der Waals surface area contributed by atoms with E-state index in [0.29, 0.717) is 0 Å². The molecule has 0 aliphatic carbocycles. The number of rotatable bonds is 4. The number of hydrogen-bond donors (Lipinski definition) is 0. The minimum Gasteiger partial charge on any atom is -0.544 e. The molecular formula is C22H32O3Si2. The fourth-order valence-corrected chi connectivity index (χ4v) is 5.82. The molecule has 0 amide bonds. The predicted octanol–water partition coefficient (Wildman–Crippen LogP) is 5.79. The number of fused-ring (bicyclic) bond motifs is 3. The number of ether oxygens (including phenoxy) is 2. The van der Waals surface area contributed by atoms with Crippen LogP contribution in [0.1, 0.15) is 19.4 Å². The smallest absolute Gasteiger partial charge is 0.242 e. The van der Waals surface area contributed by atoms with Crippen LogP contribution in [0.3, 0.4) is 0 Å². The Hall–Kier alpha value is -1.73. The standard InChI is InChI=1S/C22H32O3Si2/c1-22(2)13-12-15-17(24-22)11-10-16-20(15)18(23-3)14-19(26(4,5)6)21(16)25-27(7,8)9/h10-14H,1-9H3. The Morgan fingerprint density at radius 3 is 2.22 bits per heavy atom. The van der Waals surface area contributed by atoms with Crippen molar-refractivity contribution >= 4 is 38.4 Å². The third-order valence-electron chi connectivity index (χ3n) is 4.68. The monoisotopic (exact) mass is 400 g/mol. The summed E-state index contributed by atoms with van der Waals surface area (Å²) in [5, 5.41) is 3.52. The molecule has 2 aromatic rings. The summed E-state index contributed by atoms with van der Waals surface area (Å²) in [7, 11) is -1.66. The zero-order valence-corrected chi connectivity index (χ0v) is 20.1. The molecule has 0 saturated carbocycles. The highest BCUT2D eigenvalue weighted by atomic mass is 28.4. The van der Waals surface area contributed by atoms with E-state index in [1.54, 1.807) is 7.11 Å². The van der Waals surface area contributed by atoms with Gasteiger partial charge in [0.25, 0.3) is 0 Å². The molecule has 0 bridgehead atoms. The number of hydrogen-bond acceptors (Lipinski definition) is 3. The summed E-state index contributed by atoms with van der Waals surface area (Å²) in [5.41, 5.74) is 0.773. The van der Waals surface area contributed by atoms with Crippen LogP contribution in [0, 0.1) is 0 Å². The van der Waals surface area contributed by atoms with E-state index in [1.807, 2.05) is 0 Å². The summed E-state index contributed by atoms with van der Waals surface area (Å²) in [4.78, 5) is 0. The zero-order valence-electron chi connectivity index (χ0n) is 18.1. The Kier molecular flexibility index (Phi) is 4.76. The normalized spacial score (nSPS) is 16.0. The van der Waals surface area contributed by atoms with Crippen molar-refractivity contribution in [1.82, 2.24) is 0 Å². The summed E-state index contributed by atoms with van der Waals surface area (Å²) in [6.07, 6.45) is 4.27. The molecule has 1 aliphatic heterocycles. The molecule has 3 nitrogen and oxygen atoms in total. The molecule has 0 saturated heterocycles. The van der Waals surface area contributed by atoms with Gasteiger partial charge in [-0.2, -0.15) is 0 Å². The highest BCUT2D eigenvalue weighted by Gasteiger charge is 2.31. The molecule has 0 fully saturated rings. The molecular weight excluding hydrogens is 368 g/mol. The molecule has 3 rings (SSSR count). The van der Waals surface area contributed by atoms with Gasteiger partial charge in [-0.25, -0.2) is 0 Å². The summed E-state index contributed by atoms with van der Waals surface area (Å²) in [6.45, 7) is 17.9. The van der Waals surface area contributed by atoms with Gasteiger partial charge in [0.15, 0.2) is 0 Å². The molecule has 1 heterocycles. The van der Waals surface area contributed by atoms with Gasteiger partial charge in [-0.15, -0.1) is 0 Å². The first-order valence-electron chi connectivity index (χ1n) is 9.58. The summed E-state index contributed by atoms with van der Waals surface area (Å²) in [5.74, 6) is 2.84. The lowest BCUT2D eigenvalue weighted by Gasteiger charge is -2.31. The lowest BCUT2D eigenvalue weighted by atomic mass is 9.96. The second-order valence-electron chi connectivity index (χ2n) is 9.86. The van der Waals surface area contributed by atoms with Gasteiger partial charge in [-0.1, -0.05) is 25.7 Å². The molecule has 27 heavy (non-hydrogen) atoms. The Morgan fingerprint density at radius 2 is 1.67 bits per heavy atom. The van der Waals surface area contributed by atoms with Crippen LogP contribution in [0.25, 0.3) is 16.8 Å². The van der Waals surface area contributed by atoms with Crippen LogP contribution >= 0.6 is 0 Å². The largest absolute Gasteiger partial charge is 0.544 e. The van der Waals surface area contributed by atoms with Crippen molar-refractivity contribution in [2.45, 2.75) is 58.7 Å². The second kappa shape index (κ2) is 6.41. The molecule has 0 spiro atoms. The van der Waals surface area contributed by atoms with E-state index in [9.17, 15) is 0 Å². The highest BCUT2D eigenvalue weighted by molar-refractivity contribution is 6.89. The van der Waals surface area contributed by atoms with Gasteiger partial charge in [0.2, 0.25) is 8.32 Å². The maximum atomic E-state index is 6.66. The molecule has 0 N–H and O–H groups in total. The first-order valence-corrected chi connectivity index (χ1v) is 16.5. The van der Waals surface area contributed by atoms with E-state index in [1.165, 1.54) is 5.19 Å². The molecule has 0 unspecified atom stereocenters. The average Bonchev–Trinajstić information content (AvgIpc) is 2.51. The number of methoxy groups -OCH3 is 1. The van der Waals surface area contributed by atoms with E-state index in [-0.39, 0.29) is 5.60 Å². The Balaban J connectivity index is 2.40. The topological polar surface area (TPSA) is 27.7 Å². The van der Waals surface area contributed by atoms with E-state index >= 15 is 0 Å². The van der Waals surface area contributed by atoms with Crippen LogP contribution in [0.15, 0.2) is 24.3 Å². The number of benzene rings is 2. The lowest BCUT2D eigenvalue weighted by molar-refractivity contribution is 0.159. The predicted molar refractivity (Wildman–Crippen MR) is 121 cm³/mol. The van der Waals surface area contributed by atoms with Gasteiger partial charge in [0.1, 0.15) is 22.8 Å². The molecule has 5 heteroatoms. The molecule has 0 atom stereocenters. The van der Waals surface area contributed by atoms with E-state index < -0.39 is 16.4 Å². The quantitative estimate of drug-likeness (QED) is 0.608. The van der Waals surface area contributed by atoms with Crippen LogP contribution in [0.4, 0.5) is 0 Å². The Morgan fingerprint density at radius 1 is 1.00 bits per heavy atom. The van der Waals surface area contributed by atoms with Gasteiger partial charge >= 0.3 is 0 Å². The van der Waals surface area contributed by atoms with Gasteiger partial charge < -0.3 is 13.9 Å². The molecule has 0 radical (unpaired) electrons. The van der Waals surface area contributed by atoms with E-state index in [2.05, 4.69) is 83.5 Å². The van der Waals surface area contributed by atoms with Gasteiger partial charge in [-0.3, -0.25) is 0 Å². The zero-order chi connectivity index (χ0) is 20.2. The summed E-state index contributed by atoms with van der Waals surface area (Å²) in [6, 6.07) is 6.43. The van der Waals surface area contributed by atoms with Crippen molar-refractivity contribution in [3.8, 4) is 17.2 Å². The van der Waals surface area contributed by atoms with Gasteiger partial charge in [0.05, 0.1) is 15.2 Å². The van der Waals surface area contributed by atoms with Crippen molar-refractivity contribution in [1.29, 1.82) is 0 Å². The Labute approximate surface area is 165 Å². The fourth-order valence-electron chi connectivity index (χ4n) is 3.46. The van der Waals surface area contributed by atoms with Crippen LogP contribution < -0.4 is 19.1 Å². The van der Waals surface area contributed by atoms with Crippen LogP contribution in [0.2, 0.25) is 39.3 Å². The second-order valence-corrected chi connectivity index (χ2v) is 19.3. The fraction of sp³-hybridized carbons (Fsp3) is 0.455. The van der Waals surface area contributed by atoms with Crippen molar-refractivity contribution in [2.24, 2.45) is 0 Å². The molecule has 146 valence electrons. The summed E-state index contributed by atoms with van der Waals surface area (Å²) < 4.78 is 18.7.